The van der Waals surface area contributed by atoms with Crippen molar-refractivity contribution in [1.82, 2.24) is 0 Å². The lowest BCUT2D eigenvalue weighted by Crippen LogP contribution is -2.22. The molecule has 0 saturated heterocycles. The van der Waals surface area contributed by atoms with E-state index in [4.69, 9.17) is 0 Å². The Hall–Kier alpha value is -7.22. The van der Waals surface area contributed by atoms with E-state index in [2.05, 4.69) is 244 Å². The van der Waals surface area contributed by atoms with Crippen molar-refractivity contribution in [2.24, 2.45) is 0 Å². The van der Waals surface area contributed by atoms with Crippen molar-refractivity contribution >= 4 is 17.1 Å². The van der Waals surface area contributed by atoms with Crippen LogP contribution >= 0.6 is 0 Å². The molecular formula is C59H45N. The van der Waals surface area contributed by atoms with Gasteiger partial charge < -0.3 is 4.90 Å². The third-order valence-corrected chi connectivity index (χ3v) is 13.4. The van der Waals surface area contributed by atoms with E-state index in [-0.39, 0.29) is 10.8 Å². The summed E-state index contributed by atoms with van der Waals surface area (Å²) in [5, 5.41) is 0. The van der Waals surface area contributed by atoms with Gasteiger partial charge in [-0.05, 0) is 127 Å². The van der Waals surface area contributed by atoms with E-state index in [0.717, 1.165) is 17.1 Å². The Morgan fingerprint density at radius 1 is 0.300 bits per heavy atom. The summed E-state index contributed by atoms with van der Waals surface area (Å²) < 4.78 is 0. The highest BCUT2D eigenvalue weighted by molar-refractivity contribution is 5.92. The number of benzene rings is 9. The Morgan fingerprint density at radius 3 is 1.45 bits per heavy atom. The fourth-order valence-corrected chi connectivity index (χ4v) is 10.4. The number of nitrogens with zero attached hydrogens (tertiary/aromatic N) is 1. The maximum absolute atomic E-state index is 2.45. The molecule has 60 heavy (non-hydrogen) atoms. The second-order valence-electron chi connectivity index (χ2n) is 17.0. The molecule has 0 radical (unpaired) electrons. The Bertz CT molecular complexity index is 3050. The maximum atomic E-state index is 2.45. The molecule has 11 rings (SSSR count). The van der Waals surface area contributed by atoms with E-state index in [1.54, 1.807) is 0 Å². The summed E-state index contributed by atoms with van der Waals surface area (Å²) >= 11 is 0. The van der Waals surface area contributed by atoms with Crippen LogP contribution in [0.15, 0.2) is 218 Å². The fourth-order valence-electron chi connectivity index (χ4n) is 10.4. The molecule has 2 aliphatic carbocycles. The van der Waals surface area contributed by atoms with Crippen LogP contribution in [0.4, 0.5) is 17.1 Å². The molecule has 1 atom stereocenters. The van der Waals surface area contributed by atoms with Crippen LogP contribution in [-0.2, 0) is 10.8 Å². The largest absolute Gasteiger partial charge is 0.310 e. The standard InChI is InChI=1S/C59H45N/c1-58(2)54-28-15-13-25-50(54)52-27-17-26-48(57(52)58)42-30-32-44(33-31-42)60(45-34-36-47(40-18-7-4-8-19-40)53(38-45)41-20-9-5-10-21-41)46-35-37-51-49-24-14-16-29-55(49)59(3,56(51)39-46)43-22-11-6-12-23-43/h4-39H,1-3H3. The van der Waals surface area contributed by atoms with E-state index in [1.165, 1.54) is 83.5 Å². The monoisotopic (exact) mass is 767 g/mol. The van der Waals surface area contributed by atoms with Crippen LogP contribution in [-0.4, -0.2) is 0 Å². The Morgan fingerprint density at radius 2 is 0.767 bits per heavy atom. The topological polar surface area (TPSA) is 3.24 Å². The molecule has 0 aliphatic heterocycles. The number of rotatable bonds is 7. The van der Waals surface area contributed by atoms with Gasteiger partial charge in [-0.1, -0.05) is 196 Å². The van der Waals surface area contributed by atoms with Crippen molar-refractivity contribution in [2.45, 2.75) is 31.6 Å². The van der Waals surface area contributed by atoms with E-state index in [9.17, 15) is 0 Å². The zero-order valence-corrected chi connectivity index (χ0v) is 34.2. The summed E-state index contributed by atoms with van der Waals surface area (Å²) in [6.07, 6.45) is 0. The molecule has 2 aliphatic rings. The maximum Gasteiger partial charge on any atom is 0.0468 e. The van der Waals surface area contributed by atoms with Crippen molar-refractivity contribution in [3.63, 3.8) is 0 Å². The summed E-state index contributed by atoms with van der Waals surface area (Å²) in [4.78, 5) is 2.45. The van der Waals surface area contributed by atoms with E-state index < -0.39 is 0 Å². The van der Waals surface area contributed by atoms with Crippen molar-refractivity contribution < 1.29 is 0 Å². The van der Waals surface area contributed by atoms with Gasteiger partial charge in [0.1, 0.15) is 0 Å². The van der Waals surface area contributed by atoms with Crippen molar-refractivity contribution in [1.29, 1.82) is 0 Å². The second kappa shape index (κ2) is 14.0. The zero-order valence-electron chi connectivity index (χ0n) is 34.2. The summed E-state index contributed by atoms with van der Waals surface area (Å²) in [6, 6.07) is 80.6. The molecule has 0 saturated carbocycles. The molecule has 0 fully saturated rings. The number of anilines is 3. The van der Waals surface area contributed by atoms with Crippen LogP contribution in [0.3, 0.4) is 0 Å². The van der Waals surface area contributed by atoms with Gasteiger partial charge in [0, 0.05) is 27.9 Å². The first-order valence-corrected chi connectivity index (χ1v) is 21.1. The van der Waals surface area contributed by atoms with Crippen LogP contribution in [0.1, 0.15) is 48.6 Å². The summed E-state index contributed by atoms with van der Waals surface area (Å²) in [5.41, 5.74) is 22.3. The lowest BCUT2D eigenvalue weighted by atomic mass is 9.74. The molecule has 0 spiro atoms. The average molecular weight is 768 g/mol. The van der Waals surface area contributed by atoms with E-state index in [0.29, 0.717) is 0 Å². The molecule has 1 nitrogen and oxygen atoms in total. The zero-order chi connectivity index (χ0) is 40.4. The highest BCUT2D eigenvalue weighted by atomic mass is 15.1. The average Bonchev–Trinajstić information content (AvgIpc) is 3.71. The van der Waals surface area contributed by atoms with Gasteiger partial charge in [-0.15, -0.1) is 0 Å². The highest BCUT2D eigenvalue weighted by Gasteiger charge is 2.41. The van der Waals surface area contributed by atoms with Gasteiger partial charge in [-0.2, -0.15) is 0 Å². The van der Waals surface area contributed by atoms with Crippen molar-refractivity contribution in [2.75, 3.05) is 4.90 Å². The first-order valence-electron chi connectivity index (χ1n) is 21.1. The molecule has 0 heterocycles. The quantitative estimate of drug-likeness (QED) is 0.156. The normalized spacial score (nSPS) is 15.4. The molecule has 0 bridgehead atoms. The van der Waals surface area contributed by atoms with Gasteiger partial charge in [-0.3, -0.25) is 0 Å². The fraction of sp³-hybridized carbons (Fsp3) is 0.0847. The van der Waals surface area contributed by atoms with Gasteiger partial charge >= 0.3 is 0 Å². The van der Waals surface area contributed by atoms with Gasteiger partial charge in [0.15, 0.2) is 0 Å². The molecule has 0 N–H and O–H groups in total. The molecule has 1 unspecified atom stereocenters. The van der Waals surface area contributed by atoms with E-state index >= 15 is 0 Å². The van der Waals surface area contributed by atoms with Gasteiger partial charge in [0.05, 0.1) is 0 Å². The lowest BCUT2D eigenvalue weighted by molar-refractivity contribution is 0.662. The van der Waals surface area contributed by atoms with Crippen LogP contribution < -0.4 is 4.90 Å². The van der Waals surface area contributed by atoms with E-state index in [1.807, 2.05) is 0 Å². The molecule has 1 heteroatoms. The van der Waals surface area contributed by atoms with Crippen LogP contribution in [0.2, 0.25) is 0 Å². The third-order valence-electron chi connectivity index (χ3n) is 13.4. The first-order chi connectivity index (χ1) is 29.4. The Balaban J connectivity index is 1.10. The molecule has 9 aromatic rings. The molecule has 0 amide bonds. The predicted octanol–water partition coefficient (Wildman–Crippen LogP) is 15.8. The smallest absolute Gasteiger partial charge is 0.0468 e. The third kappa shape index (κ3) is 5.53. The van der Waals surface area contributed by atoms with Gasteiger partial charge in [0.2, 0.25) is 0 Å². The lowest BCUT2D eigenvalue weighted by Gasteiger charge is -2.31. The summed E-state index contributed by atoms with van der Waals surface area (Å²) in [6.45, 7) is 7.14. The highest BCUT2D eigenvalue weighted by Crippen LogP contribution is 2.55. The van der Waals surface area contributed by atoms with Gasteiger partial charge in [0.25, 0.3) is 0 Å². The number of hydrogen-bond donors (Lipinski definition) is 0. The van der Waals surface area contributed by atoms with Crippen LogP contribution in [0, 0.1) is 0 Å². The Kier molecular flexibility index (Phi) is 8.36. The van der Waals surface area contributed by atoms with Crippen molar-refractivity contribution in [3.8, 4) is 55.6 Å². The van der Waals surface area contributed by atoms with Gasteiger partial charge in [-0.25, -0.2) is 0 Å². The minimum Gasteiger partial charge on any atom is -0.310 e. The predicted molar refractivity (Wildman–Crippen MR) is 252 cm³/mol. The SMILES string of the molecule is CC1(C)c2ccccc2-c2cccc(-c3ccc(N(c4ccc(-c5ccccc5)c(-c5ccccc5)c4)c4ccc5c(c4)C(C)(c4ccccc4)c4ccccc4-5)cc3)c21. The minimum absolute atomic E-state index is 0.102. The summed E-state index contributed by atoms with van der Waals surface area (Å²) in [5.74, 6) is 0. The molecular weight excluding hydrogens is 723 g/mol. The number of fused-ring (bicyclic) bond motifs is 6. The molecule has 0 aromatic heterocycles. The van der Waals surface area contributed by atoms with Crippen LogP contribution in [0.5, 0.6) is 0 Å². The summed E-state index contributed by atoms with van der Waals surface area (Å²) in [7, 11) is 0. The Labute approximate surface area is 353 Å². The number of hydrogen-bond acceptors (Lipinski definition) is 1. The van der Waals surface area contributed by atoms with Crippen LogP contribution in [0.25, 0.3) is 55.6 Å². The second-order valence-corrected chi connectivity index (χ2v) is 17.0. The van der Waals surface area contributed by atoms with Crippen molar-refractivity contribution in [3.05, 3.63) is 246 Å². The first kappa shape index (κ1) is 35.9. The molecule has 286 valence electrons. The molecule has 9 aromatic carbocycles. The minimum atomic E-state index is -0.316.